The Morgan fingerprint density at radius 2 is 1.21 bits per heavy atom. The summed E-state index contributed by atoms with van der Waals surface area (Å²) in [5, 5.41) is 10.9. The van der Waals surface area contributed by atoms with Crippen molar-refractivity contribution < 1.29 is 39.5 Å². The molecule has 0 radical (unpaired) electrons. The zero-order valence-electron chi connectivity index (χ0n) is 16.5. The Morgan fingerprint density at radius 1 is 0.833 bits per heavy atom. The van der Waals surface area contributed by atoms with Gasteiger partial charge in [-0.15, -0.1) is 6.58 Å². The Hall–Kier alpha value is 0.210. The molecule has 0 heterocycles. The van der Waals surface area contributed by atoms with Crippen molar-refractivity contribution in [2.45, 2.75) is 110 Å². The molecule has 0 amide bonds. The van der Waals surface area contributed by atoms with E-state index in [1.807, 2.05) is 0 Å². The van der Waals surface area contributed by atoms with Crippen LogP contribution in [0.3, 0.4) is 0 Å². The molecule has 136 valence electrons. The van der Waals surface area contributed by atoms with E-state index in [2.05, 4.69) is 13.5 Å². The standard InChI is InChI=1S/C21H40O2.Na/c1-3-5-6-7-8-9-10-11-12-13-14-15-16-17-19-20(18-4-2)21(22)23;/h4,20H,2-3,5-19H2,1H3,(H,22,23);/q;+1/p-1. The van der Waals surface area contributed by atoms with Crippen LogP contribution in [0.15, 0.2) is 12.7 Å². The molecular formula is C21H39NaO2. The molecule has 0 spiro atoms. The van der Waals surface area contributed by atoms with Crippen LogP contribution in [0.25, 0.3) is 0 Å². The van der Waals surface area contributed by atoms with Crippen molar-refractivity contribution in [2.75, 3.05) is 0 Å². The fraction of sp³-hybridized carbons (Fsp3) is 0.857. The fourth-order valence-electron chi connectivity index (χ4n) is 3.12. The summed E-state index contributed by atoms with van der Waals surface area (Å²) < 4.78 is 0. The van der Waals surface area contributed by atoms with Crippen molar-refractivity contribution in [3.05, 3.63) is 12.7 Å². The topological polar surface area (TPSA) is 40.1 Å². The van der Waals surface area contributed by atoms with Crippen LogP contribution in [0, 0.1) is 5.92 Å². The number of carbonyl (C=O) groups excluding carboxylic acids is 1. The van der Waals surface area contributed by atoms with E-state index >= 15 is 0 Å². The minimum atomic E-state index is -0.917. The molecule has 0 N–H and O–H groups in total. The second-order valence-electron chi connectivity index (χ2n) is 6.93. The van der Waals surface area contributed by atoms with Gasteiger partial charge in [0.05, 0.1) is 0 Å². The van der Waals surface area contributed by atoms with Crippen LogP contribution in [0.4, 0.5) is 0 Å². The summed E-state index contributed by atoms with van der Waals surface area (Å²) in [5.74, 6) is -1.25. The number of hydrogen-bond acceptors (Lipinski definition) is 2. The first-order valence-corrected chi connectivity index (χ1v) is 10.0. The quantitative estimate of drug-likeness (QED) is 0.217. The molecule has 1 atom stereocenters. The predicted octanol–water partition coefficient (Wildman–Crippen LogP) is 2.80. The number of rotatable bonds is 18. The largest absolute Gasteiger partial charge is 1.00 e. The molecule has 0 saturated carbocycles. The number of carboxylic acid groups (broad SMARTS) is 1. The van der Waals surface area contributed by atoms with Gasteiger partial charge in [0.15, 0.2) is 0 Å². The van der Waals surface area contributed by atoms with E-state index in [0.29, 0.717) is 6.42 Å². The van der Waals surface area contributed by atoms with Crippen molar-refractivity contribution in [1.82, 2.24) is 0 Å². The van der Waals surface area contributed by atoms with Gasteiger partial charge in [-0.25, -0.2) is 0 Å². The summed E-state index contributed by atoms with van der Waals surface area (Å²) in [4.78, 5) is 10.9. The molecule has 0 aliphatic carbocycles. The van der Waals surface area contributed by atoms with Gasteiger partial charge in [0.1, 0.15) is 0 Å². The third-order valence-electron chi connectivity index (χ3n) is 4.69. The van der Waals surface area contributed by atoms with Gasteiger partial charge < -0.3 is 9.90 Å². The van der Waals surface area contributed by atoms with Crippen molar-refractivity contribution in [1.29, 1.82) is 0 Å². The Labute approximate surface area is 173 Å². The molecule has 0 aromatic carbocycles. The molecule has 2 nitrogen and oxygen atoms in total. The predicted molar refractivity (Wildman–Crippen MR) is 98.2 cm³/mol. The smallest absolute Gasteiger partial charge is 0.550 e. The normalized spacial score (nSPS) is 11.7. The number of aliphatic carboxylic acids is 1. The molecule has 24 heavy (non-hydrogen) atoms. The second-order valence-corrected chi connectivity index (χ2v) is 6.93. The number of allylic oxidation sites excluding steroid dienone is 1. The summed E-state index contributed by atoms with van der Waals surface area (Å²) in [7, 11) is 0. The minimum absolute atomic E-state index is 0. The third-order valence-corrected chi connectivity index (χ3v) is 4.69. The maximum Gasteiger partial charge on any atom is 1.00 e. The van der Waals surface area contributed by atoms with Crippen LogP contribution in [-0.4, -0.2) is 5.97 Å². The van der Waals surface area contributed by atoms with Gasteiger partial charge in [-0.1, -0.05) is 103 Å². The zero-order chi connectivity index (χ0) is 17.2. The molecule has 3 heteroatoms. The van der Waals surface area contributed by atoms with Crippen LogP contribution in [0.2, 0.25) is 0 Å². The fourth-order valence-corrected chi connectivity index (χ4v) is 3.12. The van der Waals surface area contributed by atoms with Crippen LogP contribution < -0.4 is 34.7 Å². The number of carboxylic acids is 1. The molecule has 0 aliphatic heterocycles. The molecular weight excluding hydrogens is 307 g/mol. The number of unbranched alkanes of at least 4 members (excludes halogenated alkanes) is 13. The average molecular weight is 347 g/mol. The summed E-state index contributed by atoms with van der Waals surface area (Å²) in [6.07, 6.45) is 21.6. The van der Waals surface area contributed by atoms with Crippen molar-refractivity contribution in [2.24, 2.45) is 5.92 Å². The van der Waals surface area contributed by atoms with Crippen molar-refractivity contribution in [3.8, 4) is 0 Å². The molecule has 0 aromatic rings. The first-order valence-electron chi connectivity index (χ1n) is 10.0. The summed E-state index contributed by atoms with van der Waals surface area (Å²) in [6, 6.07) is 0. The van der Waals surface area contributed by atoms with Gasteiger partial charge in [0.2, 0.25) is 0 Å². The van der Waals surface area contributed by atoms with Gasteiger partial charge in [-0.3, -0.25) is 0 Å². The Kier molecular flexibility index (Phi) is 23.4. The maximum absolute atomic E-state index is 10.9. The molecule has 0 rings (SSSR count). The molecule has 0 bridgehead atoms. The first kappa shape index (κ1) is 26.4. The maximum atomic E-state index is 10.9. The van der Waals surface area contributed by atoms with E-state index in [-0.39, 0.29) is 35.5 Å². The molecule has 0 saturated heterocycles. The summed E-state index contributed by atoms with van der Waals surface area (Å²) >= 11 is 0. The van der Waals surface area contributed by atoms with E-state index in [0.717, 1.165) is 19.3 Å². The first-order chi connectivity index (χ1) is 11.2. The van der Waals surface area contributed by atoms with Crippen LogP contribution >= 0.6 is 0 Å². The average Bonchev–Trinajstić information content (AvgIpc) is 2.54. The van der Waals surface area contributed by atoms with E-state index in [1.165, 1.54) is 77.0 Å². The van der Waals surface area contributed by atoms with E-state index in [9.17, 15) is 9.90 Å². The summed E-state index contributed by atoms with van der Waals surface area (Å²) in [6.45, 7) is 5.88. The Morgan fingerprint density at radius 3 is 1.54 bits per heavy atom. The minimum Gasteiger partial charge on any atom is -0.550 e. The number of hydrogen-bond donors (Lipinski definition) is 0. The van der Waals surface area contributed by atoms with Gasteiger partial charge in [0, 0.05) is 11.9 Å². The van der Waals surface area contributed by atoms with Gasteiger partial charge in [0.25, 0.3) is 0 Å². The van der Waals surface area contributed by atoms with Crippen LogP contribution in [-0.2, 0) is 4.79 Å². The molecule has 0 aliphatic rings. The molecule has 0 aromatic heterocycles. The summed E-state index contributed by atoms with van der Waals surface area (Å²) in [5.41, 5.74) is 0. The van der Waals surface area contributed by atoms with E-state index < -0.39 is 5.97 Å². The molecule has 0 fully saturated rings. The van der Waals surface area contributed by atoms with Gasteiger partial charge >= 0.3 is 29.6 Å². The molecule has 1 unspecified atom stereocenters. The third kappa shape index (κ3) is 18.5. The monoisotopic (exact) mass is 346 g/mol. The number of carbonyl (C=O) groups is 1. The van der Waals surface area contributed by atoms with Crippen molar-refractivity contribution >= 4 is 5.97 Å². The second kappa shape index (κ2) is 21.3. The van der Waals surface area contributed by atoms with E-state index in [1.54, 1.807) is 6.08 Å². The van der Waals surface area contributed by atoms with Crippen LogP contribution in [0.1, 0.15) is 110 Å². The van der Waals surface area contributed by atoms with Crippen molar-refractivity contribution in [3.63, 3.8) is 0 Å². The van der Waals surface area contributed by atoms with E-state index in [4.69, 9.17) is 0 Å². The Balaban J connectivity index is 0. The van der Waals surface area contributed by atoms with Gasteiger partial charge in [-0.2, -0.15) is 0 Å². The van der Waals surface area contributed by atoms with Crippen LogP contribution in [0.5, 0.6) is 0 Å². The Bertz CT molecular complexity index is 279. The zero-order valence-corrected chi connectivity index (χ0v) is 18.5. The SMILES string of the molecule is C=CCC(CCCCCCCCCCCCCCCC)C(=O)[O-].[Na+]. The van der Waals surface area contributed by atoms with Gasteiger partial charge in [-0.05, 0) is 12.8 Å².